The maximum absolute atomic E-state index is 12.7. The summed E-state index contributed by atoms with van der Waals surface area (Å²) in [4.78, 5) is 15.7. The van der Waals surface area contributed by atoms with Crippen LogP contribution >= 0.6 is 11.6 Å². The van der Waals surface area contributed by atoms with E-state index in [1.54, 1.807) is 24.4 Å². The van der Waals surface area contributed by atoms with Gasteiger partial charge in [-0.3, -0.25) is 9.78 Å². The summed E-state index contributed by atoms with van der Waals surface area (Å²) in [6, 6.07) is 8.74. The zero-order chi connectivity index (χ0) is 16.9. The van der Waals surface area contributed by atoms with E-state index in [-0.39, 0.29) is 17.1 Å². The van der Waals surface area contributed by atoms with Crippen LogP contribution in [0.1, 0.15) is 16.8 Å². The Kier molecular flexibility index (Phi) is 5.39. The Morgan fingerprint density at radius 2 is 2.04 bits per heavy atom. The molecule has 0 aliphatic heterocycles. The van der Waals surface area contributed by atoms with Crippen molar-refractivity contribution in [1.29, 1.82) is 0 Å². The van der Waals surface area contributed by atoms with Gasteiger partial charge in [-0.2, -0.15) is 13.2 Å². The molecular weight excluding hydrogens is 329 g/mol. The molecule has 1 amide bonds. The molecule has 0 atom stereocenters. The number of halogens is 4. The van der Waals surface area contributed by atoms with Gasteiger partial charge < -0.3 is 5.32 Å². The van der Waals surface area contributed by atoms with Crippen molar-refractivity contribution in [3.05, 3.63) is 70.5 Å². The topological polar surface area (TPSA) is 42.0 Å². The van der Waals surface area contributed by atoms with Crippen molar-refractivity contribution >= 4 is 23.6 Å². The number of hydrogen-bond donors (Lipinski definition) is 1. The number of pyridine rings is 1. The second-order valence-corrected chi connectivity index (χ2v) is 5.02. The number of carbonyl (C=O) groups excluding carboxylic acids is 1. The maximum Gasteiger partial charge on any atom is 0.417 e. The van der Waals surface area contributed by atoms with Crippen molar-refractivity contribution < 1.29 is 18.0 Å². The van der Waals surface area contributed by atoms with Crippen molar-refractivity contribution in [2.24, 2.45) is 0 Å². The van der Waals surface area contributed by atoms with Crippen LogP contribution in [0, 0.1) is 0 Å². The van der Waals surface area contributed by atoms with Crippen molar-refractivity contribution in [2.75, 3.05) is 0 Å². The average Bonchev–Trinajstić information content (AvgIpc) is 2.52. The lowest BCUT2D eigenvalue weighted by molar-refractivity contribution is -0.137. The summed E-state index contributed by atoms with van der Waals surface area (Å²) >= 11 is 5.53. The Morgan fingerprint density at radius 1 is 1.26 bits per heavy atom. The third kappa shape index (κ3) is 5.10. The zero-order valence-corrected chi connectivity index (χ0v) is 12.5. The lowest BCUT2D eigenvalue weighted by Crippen LogP contribution is -2.20. The molecule has 3 nitrogen and oxygen atoms in total. The van der Waals surface area contributed by atoms with Crippen LogP contribution in [-0.2, 0) is 17.5 Å². The van der Waals surface area contributed by atoms with E-state index in [4.69, 9.17) is 11.6 Å². The number of rotatable bonds is 4. The number of hydrogen-bond acceptors (Lipinski definition) is 2. The molecule has 0 saturated heterocycles. The first-order chi connectivity index (χ1) is 10.9. The Labute approximate surface area is 135 Å². The number of carbonyl (C=O) groups is 1. The molecular formula is C16H12ClF3N2O. The van der Waals surface area contributed by atoms with Gasteiger partial charge in [-0.15, -0.1) is 0 Å². The van der Waals surface area contributed by atoms with Crippen LogP contribution in [0.5, 0.6) is 0 Å². The van der Waals surface area contributed by atoms with E-state index in [2.05, 4.69) is 10.3 Å². The van der Waals surface area contributed by atoms with Crippen molar-refractivity contribution in [3.8, 4) is 0 Å². The highest BCUT2D eigenvalue weighted by molar-refractivity contribution is 6.31. The van der Waals surface area contributed by atoms with Gasteiger partial charge in [0.15, 0.2) is 0 Å². The molecule has 7 heteroatoms. The summed E-state index contributed by atoms with van der Waals surface area (Å²) in [6.07, 6.45) is -0.489. The van der Waals surface area contributed by atoms with Crippen LogP contribution in [0.3, 0.4) is 0 Å². The van der Waals surface area contributed by atoms with Crippen LogP contribution in [0.2, 0.25) is 5.02 Å². The second-order valence-electron chi connectivity index (χ2n) is 4.61. The summed E-state index contributed by atoms with van der Waals surface area (Å²) in [5, 5.41) is 2.21. The van der Waals surface area contributed by atoms with Gasteiger partial charge in [0.2, 0.25) is 5.91 Å². The number of amides is 1. The molecule has 0 saturated carbocycles. The molecule has 2 aromatic rings. The fourth-order valence-electron chi connectivity index (χ4n) is 1.78. The van der Waals surface area contributed by atoms with Gasteiger partial charge >= 0.3 is 6.18 Å². The number of nitrogens with one attached hydrogen (secondary N) is 1. The Bertz CT molecular complexity index is 715. The fourth-order valence-corrected chi connectivity index (χ4v) is 2.00. The van der Waals surface area contributed by atoms with Crippen LogP contribution in [0.15, 0.2) is 48.7 Å². The average molecular weight is 341 g/mol. The number of alkyl halides is 3. The predicted molar refractivity (Wildman–Crippen MR) is 81.6 cm³/mol. The Morgan fingerprint density at radius 3 is 2.70 bits per heavy atom. The summed E-state index contributed by atoms with van der Waals surface area (Å²) in [5.41, 5.74) is -0.0231. The van der Waals surface area contributed by atoms with Crippen LogP contribution in [0.4, 0.5) is 13.2 Å². The first-order valence-corrected chi connectivity index (χ1v) is 6.96. The van der Waals surface area contributed by atoms with Gasteiger partial charge in [0, 0.05) is 12.3 Å². The normalized spacial score (nSPS) is 11.7. The second kappa shape index (κ2) is 7.28. The van der Waals surface area contributed by atoms with Crippen LogP contribution in [0.25, 0.3) is 6.08 Å². The van der Waals surface area contributed by atoms with Crippen LogP contribution in [-0.4, -0.2) is 10.9 Å². The minimum atomic E-state index is -4.54. The van der Waals surface area contributed by atoms with E-state index in [0.29, 0.717) is 5.69 Å². The van der Waals surface area contributed by atoms with E-state index in [0.717, 1.165) is 18.2 Å². The van der Waals surface area contributed by atoms with Gasteiger partial charge in [-0.05, 0) is 35.9 Å². The molecule has 0 unspecified atom stereocenters. The maximum atomic E-state index is 12.7. The Hall–Kier alpha value is -2.34. The van der Waals surface area contributed by atoms with E-state index in [1.165, 1.54) is 12.1 Å². The first kappa shape index (κ1) is 17.0. The number of nitrogens with zero attached hydrogens (tertiary/aromatic N) is 1. The largest absolute Gasteiger partial charge is 0.417 e. The molecule has 0 aliphatic rings. The van der Waals surface area contributed by atoms with Gasteiger partial charge in [0.05, 0.1) is 22.8 Å². The quantitative estimate of drug-likeness (QED) is 0.852. The van der Waals surface area contributed by atoms with E-state index < -0.39 is 17.6 Å². The third-order valence-electron chi connectivity index (χ3n) is 2.89. The molecule has 0 spiro atoms. The molecule has 23 heavy (non-hydrogen) atoms. The molecule has 1 N–H and O–H groups in total. The summed E-state index contributed by atoms with van der Waals surface area (Å²) in [7, 11) is 0. The monoisotopic (exact) mass is 340 g/mol. The molecule has 2 rings (SSSR count). The molecule has 1 aromatic heterocycles. The van der Waals surface area contributed by atoms with E-state index in [1.807, 2.05) is 0 Å². The minimum Gasteiger partial charge on any atom is -0.347 e. The first-order valence-electron chi connectivity index (χ1n) is 6.59. The van der Waals surface area contributed by atoms with Crippen molar-refractivity contribution in [3.63, 3.8) is 0 Å². The Balaban J connectivity index is 2.01. The third-order valence-corrected chi connectivity index (χ3v) is 3.22. The molecule has 0 aliphatic carbocycles. The fraction of sp³-hybridized carbons (Fsp3) is 0.125. The van der Waals surface area contributed by atoms with Gasteiger partial charge in [-0.25, -0.2) is 0 Å². The summed E-state index contributed by atoms with van der Waals surface area (Å²) < 4.78 is 38.2. The van der Waals surface area contributed by atoms with E-state index >= 15 is 0 Å². The van der Waals surface area contributed by atoms with E-state index in [9.17, 15) is 18.0 Å². The highest BCUT2D eigenvalue weighted by Crippen LogP contribution is 2.35. The minimum absolute atomic E-state index is 0.231. The lowest BCUT2D eigenvalue weighted by atomic mass is 10.1. The summed E-state index contributed by atoms with van der Waals surface area (Å²) in [6.45, 7) is 0.235. The molecule has 120 valence electrons. The smallest absolute Gasteiger partial charge is 0.347 e. The number of aromatic nitrogens is 1. The lowest BCUT2D eigenvalue weighted by Gasteiger charge is -2.09. The molecule has 1 heterocycles. The van der Waals surface area contributed by atoms with Crippen LogP contribution < -0.4 is 5.32 Å². The highest BCUT2D eigenvalue weighted by Gasteiger charge is 2.33. The SMILES string of the molecule is O=C(/C=C/c1ccc(Cl)c(C(F)(F)F)c1)NCc1ccccn1. The van der Waals surface area contributed by atoms with Crippen molar-refractivity contribution in [2.45, 2.75) is 12.7 Å². The molecule has 0 bridgehead atoms. The summed E-state index contributed by atoms with van der Waals surface area (Å²) in [5.74, 6) is -0.431. The highest BCUT2D eigenvalue weighted by atomic mass is 35.5. The predicted octanol–water partition coefficient (Wildman–Crippen LogP) is 4.08. The van der Waals surface area contributed by atoms with Gasteiger partial charge in [-0.1, -0.05) is 23.7 Å². The van der Waals surface area contributed by atoms with Gasteiger partial charge in [0.25, 0.3) is 0 Å². The van der Waals surface area contributed by atoms with Gasteiger partial charge in [0.1, 0.15) is 0 Å². The molecule has 0 radical (unpaired) electrons. The van der Waals surface area contributed by atoms with Crippen molar-refractivity contribution in [1.82, 2.24) is 10.3 Å². The number of benzene rings is 1. The molecule has 0 fully saturated rings. The standard InChI is InChI=1S/C16H12ClF3N2O/c17-14-6-4-11(9-13(14)16(18,19)20)5-7-15(23)22-10-12-3-1-2-8-21-12/h1-9H,10H2,(H,22,23)/b7-5+. The molecule has 1 aromatic carbocycles. The zero-order valence-electron chi connectivity index (χ0n) is 11.8.